The number of benzene rings is 1. The number of hydrogen-bond acceptors (Lipinski definition) is 3. The van der Waals surface area contributed by atoms with E-state index in [4.69, 9.17) is 23.2 Å². The lowest BCUT2D eigenvalue weighted by Gasteiger charge is -2.26. The van der Waals surface area contributed by atoms with Crippen molar-refractivity contribution in [2.75, 3.05) is 11.9 Å². The third-order valence-corrected chi connectivity index (χ3v) is 4.48. The van der Waals surface area contributed by atoms with Crippen LogP contribution in [0.4, 0.5) is 5.69 Å². The fourth-order valence-electron chi connectivity index (χ4n) is 2.72. The second-order valence-corrected chi connectivity index (χ2v) is 6.48. The molecular formula is C16H19Cl2N3O. The first-order valence-electron chi connectivity index (χ1n) is 7.46. The molecule has 1 amide bonds. The van der Waals surface area contributed by atoms with Crippen LogP contribution in [0.15, 0.2) is 18.2 Å². The van der Waals surface area contributed by atoms with Gasteiger partial charge in [0.25, 0.3) is 0 Å². The smallest absolute Gasteiger partial charge is 0.240 e. The Bertz CT molecular complexity index is 575. The maximum atomic E-state index is 12.2. The van der Waals surface area contributed by atoms with E-state index in [1.807, 2.05) is 0 Å². The Kier molecular flexibility index (Phi) is 5.93. The lowest BCUT2D eigenvalue weighted by Crippen LogP contribution is -2.48. The van der Waals surface area contributed by atoms with Crippen molar-refractivity contribution < 1.29 is 4.79 Å². The SMILES string of the molecule is N#CC1(NC(=O)CNc2cc(Cl)ccc2Cl)CCCCCC1. The quantitative estimate of drug-likeness (QED) is 0.810. The van der Waals surface area contributed by atoms with Gasteiger partial charge in [0.2, 0.25) is 5.91 Å². The number of nitriles is 1. The van der Waals surface area contributed by atoms with Gasteiger partial charge in [-0.1, -0.05) is 48.9 Å². The van der Waals surface area contributed by atoms with E-state index in [9.17, 15) is 10.1 Å². The second kappa shape index (κ2) is 7.71. The van der Waals surface area contributed by atoms with Crippen LogP contribution in [-0.4, -0.2) is 18.0 Å². The molecule has 1 saturated carbocycles. The van der Waals surface area contributed by atoms with Crippen molar-refractivity contribution in [2.24, 2.45) is 0 Å². The zero-order chi connectivity index (χ0) is 16.0. The molecule has 1 aromatic carbocycles. The third kappa shape index (κ3) is 4.53. The first-order chi connectivity index (χ1) is 10.5. The number of hydrogen-bond donors (Lipinski definition) is 2. The van der Waals surface area contributed by atoms with Crippen LogP contribution in [0.25, 0.3) is 0 Å². The number of nitrogens with zero attached hydrogens (tertiary/aromatic N) is 1. The van der Waals surface area contributed by atoms with Crippen LogP contribution in [-0.2, 0) is 4.79 Å². The van der Waals surface area contributed by atoms with Gasteiger partial charge in [-0.2, -0.15) is 5.26 Å². The van der Waals surface area contributed by atoms with E-state index in [0.717, 1.165) is 25.7 Å². The Morgan fingerprint density at radius 3 is 2.55 bits per heavy atom. The fraction of sp³-hybridized carbons (Fsp3) is 0.500. The number of anilines is 1. The summed E-state index contributed by atoms with van der Waals surface area (Å²) in [5, 5.41) is 16.4. The van der Waals surface area contributed by atoms with Crippen LogP contribution in [0.2, 0.25) is 10.0 Å². The van der Waals surface area contributed by atoms with Gasteiger partial charge < -0.3 is 10.6 Å². The molecule has 6 heteroatoms. The molecule has 1 aliphatic rings. The minimum absolute atomic E-state index is 0.0590. The van der Waals surface area contributed by atoms with Crippen molar-refractivity contribution in [1.82, 2.24) is 5.32 Å². The van der Waals surface area contributed by atoms with Gasteiger partial charge in [0.05, 0.1) is 23.3 Å². The van der Waals surface area contributed by atoms with E-state index in [0.29, 0.717) is 28.6 Å². The van der Waals surface area contributed by atoms with E-state index in [1.165, 1.54) is 0 Å². The number of nitrogens with one attached hydrogen (secondary N) is 2. The van der Waals surface area contributed by atoms with Crippen molar-refractivity contribution in [3.8, 4) is 6.07 Å². The van der Waals surface area contributed by atoms with Crippen LogP contribution < -0.4 is 10.6 Å². The highest BCUT2D eigenvalue weighted by atomic mass is 35.5. The molecule has 2 rings (SSSR count). The van der Waals surface area contributed by atoms with Crippen LogP contribution in [0.5, 0.6) is 0 Å². The first kappa shape index (κ1) is 16.9. The second-order valence-electron chi connectivity index (χ2n) is 5.63. The third-order valence-electron chi connectivity index (χ3n) is 3.92. The molecule has 0 unspecified atom stereocenters. The van der Waals surface area contributed by atoms with Crippen LogP contribution in [0, 0.1) is 11.3 Å². The number of halogens is 2. The summed E-state index contributed by atoms with van der Waals surface area (Å²) in [5.41, 5.74) is -0.121. The standard InChI is InChI=1S/C16H19Cl2N3O/c17-12-5-6-13(18)14(9-12)20-10-15(22)21-16(11-19)7-3-1-2-4-8-16/h5-6,9,20H,1-4,7-8,10H2,(H,21,22). The van der Waals surface area contributed by atoms with Gasteiger partial charge in [-0.05, 0) is 31.0 Å². The molecule has 2 N–H and O–H groups in total. The van der Waals surface area contributed by atoms with Crippen molar-refractivity contribution in [2.45, 2.75) is 44.1 Å². The molecule has 1 aliphatic carbocycles. The average molecular weight is 340 g/mol. The van der Waals surface area contributed by atoms with E-state index in [1.54, 1.807) is 18.2 Å². The average Bonchev–Trinajstić information content (AvgIpc) is 2.74. The Balaban J connectivity index is 1.94. The molecule has 0 bridgehead atoms. The predicted molar refractivity (Wildman–Crippen MR) is 89.1 cm³/mol. The zero-order valence-corrected chi connectivity index (χ0v) is 13.8. The zero-order valence-electron chi connectivity index (χ0n) is 12.3. The summed E-state index contributed by atoms with van der Waals surface area (Å²) in [7, 11) is 0. The first-order valence-corrected chi connectivity index (χ1v) is 8.21. The Hall–Kier alpha value is -1.44. The van der Waals surface area contributed by atoms with Crippen LogP contribution in [0.3, 0.4) is 0 Å². The highest BCUT2D eigenvalue weighted by molar-refractivity contribution is 6.35. The molecule has 118 valence electrons. The van der Waals surface area contributed by atoms with Crippen molar-refractivity contribution >= 4 is 34.8 Å². The van der Waals surface area contributed by atoms with Gasteiger partial charge >= 0.3 is 0 Å². The van der Waals surface area contributed by atoms with Crippen LogP contribution >= 0.6 is 23.2 Å². The van der Waals surface area contributed by atoms with E-state index in [2.05, 4.69) is 16.7 Å². The summed E-state index contributed by atoms with van der Waals surface area (Å²) in [6.45, 7) is 0.0590. The Morgan fingerprint density at radius 2 is 1.91 bits per heavy atom. The van der Waals surface area contributed by atoms with Crippen molar-refractivity contribution in [3.05, 3.63) is 28.2 Å². The Labute approximate surface area is 140 Å². The molecule has 4 nitrogen and oxygen atoms in total. The number of amides is 1. The number of carbonyl (C=O) groups is 1. The largest absolute Gasteiger partial charge is 0.375 e. The number of rotatable bonds is 4. The van der Waals surface area contributed by atoms with E-state index < -0.39 is 5.54 Å². The van der Waals surface area contributed by atoms with Gasteiger partial charge in [0.1, 0.15) is 5.54 Å². The monoisotopic (exact) mass is 339 g/mol. The summed E-state index contributed by atoms with van der Waals surface area (Å²) in [5.74, 6) is -0.209. The molecular weight excluding hydrogens is 321 g/mol. The van der Waals surface area contributed by atoms with Crippen molar-refractivity contribution in [1.29, 1.82) is 5.26 Å². The lowest BCUT2D eigenvalue weighted by molar-refractivity contribution is -0.120. The highest BCUT2D eigenvalue weighted by Gasteiger charge is 2.32. The highest BCUT2D eigenvalue weighted by Crippen LogP contribution is 2.27. The molecule has 0 spiro atoms. The summed E-state index contributed by atoms with van der Waals surface area (Å²) in [4.78, 5) is 12.2. The lowest BCUT2D eigenvalue weighted by atomic mass is 9.92. The normalized spacial score (nSPS) is 17.1. The minimum Gasteiger partial charge on any atom is -0.375 e. The summed E-state index contributed by atoms with van der Waals surface area (Å²) < 4.78 is 0. The predicted octanol–water partition coefficient (Wildman–Crippen LogP) is 4.14. The maximum Gasteiger partial charge on any atom is 0.240 e. The summed E-state index contributed by atoms with van der Waals surface area (Å²) >= 11 is 12.0. The summed E-state index contributed by atoms with van der Waals surface area (Å²) in [6, 6.07) is 7.33. The summed E-state index contributed by atoms with van der Waals surface area (Å²) in [6.07, 6.45) is 5.62. The molecule has 0 radical (unpaired) electrons. The molecule has 22 heavy (non-hydrogen) atoms. The number of carbonyl (C=O) groups excluding carboxylic acids is 1. The Morgan fingerprint density at radius 1 is 1.23 bits per heavy atom. The van der Waals surface area contributed by atoms with Gasteiger partial charge in [-0.15, -0.1) is 0 Å². The molecule has 0 aliphatic heterocycles. The maximum absolute atomic E-state index is 12.2. The van der Waals surface area contributed by atoms with E-state index in [-0.39, 0.29) is 12.5 Å². The fourth-order valence-corrected chi connectivity index (χ4v) is 3.07. The van der Waals surface area contributed by atoms with E-state index >= 15 is 0 Å². The van der Waals surface area contributed by atoms with Crippen molar-refractivity contribution in [3.63, 3.8) is 0 Å². The van der Waals surface area contributed by atoms with Crippen LogP contribution in [0.1, 0.15) is 38.5 Å². The molecule has 0 saturated heterocycles. The molecule has 1 fully saturated rings. The topological polar surface area (TPSA) is 64.9 Å². The molecule has 1 aromatic rings. The van der Waals surface area contributed by atoms with Gasteiger partial charge in [0, 0.05) is 5.02 Å². The minimum atomic E-state index is -0.729. The molecule has 0 atom stereocenters. The molecule has 0 aromatic heterocycles. The molecule has 0 heterocycles. The van der Waals surface area contributed by atoms with Gasteiger partial charge in [-0.3, -0.25) is 4.79 Å². The van der Waals surface area contributed by atoms with Gasteiger partial charge in [-0.25, -0.2) is 0 Å². The van der Waals surface area contributed by atoms with Gasteiger partial charge in [0.15, 0.2) is 0 Å².